The first kappa shape index (κ1) is 16.3. The molecular weight excluding hydrogens is 331 g/mol. The van der Waals surface area contributed by atoms with Gasteiger partial charge in [0.05, 0.1) is 10.6 Å². The number of amides is 1. The summed E-state index contributed by atoms with van der Waals surface area (Å²) in [5, 5.41) is 0.518. The third kappa shape index (κ3) is 3.85. The molecular formula is C18H18Cl2N2O. The van der Waals surface area contributed by atoms with Gasteiger partial charge in [0.2, 0.25) is 0 Å². The molecule has 1 aliphatic rings. The fourth-order valence-corrected chi connectivity index (χ4v) is 2.99. The third-order valence-electron chi connectivity index (χ3n) is 4.30. The number of benzene rings is 1. The van der Waals surface area contributed by atoms with Crippen molar-refractivity contribution in [2.75, 3.05) is 0 Å². The zero-order valence-corrected chi connectivity index (χ0v) is 14.4. The van der Waals surface area contributed by atoms with E-state index in [2.05, 4.69) is 11.9 Å². The predicted molar refractivity (Wildman–Crippen MR) is 92.8 cm³/mol. The first-order valence-corrected chi connectivity index (χ1v) is 8.48. The van der Waals surface area contributed by atoms with Gasteiger partial charge in [-0.25, -0.2) is 4.98 Å². The maximum atomic E-state index is 13.0. The fraction of sp³-hybridized carbons (Fsp3) is 0.333. The molecule has 1 atom stereocenters. The standard InChI is InChI=1S/C18H18Cl2N2O/c1-12(14-7-8-14)22(11-13-5-3-2-4-6-13)18(23)15-9-16(19)17(20)21-10-15/h2-6,9-10,12,14H,7-8,11H2,1H3. The number of carbonyl (C=O) groups excluding carboxylic acids is 1. The van der Waals surface area contributed by atoms with Gasteiger partial charge in [0, 0.05) is 18.8 Å². The van der Waals surface area contributed by atoms with Crippen LogP contribution in [0.4, 0.5) is 0 Å². The van der Waals surface area contributed by atoms with Crippen LogP contribution in [0.25, 0.3) is 0 Å². The van der Waals surface area contributed by atoms with Crippen LogP contribution in [0.2, 0.25) is 10.2 Å². The van der Waals surface area contributed by atoms with Crippen LogP contribution in [0.3, 0.4) is 0 Å². The van der Waals surface area contributed by atoms with E-state index >= 15 is 0 Å². The minimum atomic E-state index is -0.0562. The Hall–Kier alpha value is -1.58. The highest BCUT2D eigenvalue weighted by molar-refractivity contribution is 6.41. The second-order valence-corrected chi connectivity index (χ2v) is 6.76. The number of carbonyl (C=O) groups is 1. The van der Waals surface area contributed by atoms with Gasteiger partial charge < -0.3 is 4.90 Å². The summed E-state index contributed by atoms with van der Waals surface area (Å²) in [6.07, 6.45) is 3.85. The zero-order valence-electron chi connectivity index (χ0n) is 12.9. The van der Waals surface area contributed by atoms with E-state index in [9.17, 15) is 4.79 Å². The molecule has 3 nitrogen and oxygen atoms in total. The van der Waals surface area contributed by atoms with Crippen molar-refractivity contribution in [1.29, 1.82) is 0 Å². The summed E-state index contributed by atoms with van der Waals surface area (Å²) in [6, 6.07) is 11.8. The molecule has 1 aliphatic carbocycles. The molecule has 1 unspecified atom stereocenters. The highest BCUT2D eigenvalue weighted by Gasteiger charge is 2.34. The molecule has 120 valence electrons. The van der Waals surface area contributed by atoms with Gasteiger partial charge in [0.25, 0.3) is 5.91 Å². The van der Waals surface area contributed by atoms with Crippen molar-refractivity contribution < 1.29 is 4.79 Å². The topological polar surface area (TPSA) is 33.2 Å². The highest BCUT2D eigenvalue weighted by Crippen LogP contribution is 2.36. The Bertz CT molecular complexity index is 701. The first-order chi connectivity index (χ1) is 11.1. The Morgan fingerprint density at radius 1 is 1.30 bits per heavy atom. The van der Waals surface area contributed by atoms with Gasteiger partial charge in [0.15, 0.2) is 0 Å². The van der Waals surface area contributed by atoms with Crippen molar-refractivity contribution in [3.63, 3.8) is 0 Å². The van der Waals surface area contributed by atoms with E-state index in [1.165, 1.54) is 19.0 Å². The summed E-state index contributed by atoms with van der Waals surface area (Å²) in [5.74, 6) is 0.526. The monoisotopic (exact) mass is 348 g/mol. The van der Waals surface area contributed by atoms with Crippen molar-refractivity contribution in [3.05, 3.63) is 63.9 Å². The number of hydrogen-bond donors (Lipinski definition) is 0. The van der Waals surface area contributed by atoms with E-state index in [0.29, 0.717) is 23.0 Å². The second kappa shape index (κ2) is 6.90. The summed E-state index contributed by atoms with van der Waals surface area (Å²) in [6.45, 7) is 2.70. The molecule has 0 radical (unpaired) electrons. The molecule has 5 heteroatoms. The molecule has 0 spiro atoms. The van der Waals surface area contributed by atoms with Gasteiger partial charge in [-0.2, -0.15) is 0 Å². The fourth-order valence-electron chi connectivity index (χ4n) is 2.72. The number of halogens is 2. The summed E-state index contributed by atoms with van der Waals surface area (Å²) in [7, 11) is 0. The van der Waals surface area contributed by atoms with E-state index in [0.717, 1.165) is 5.56 Å². The molecule has 3 rings (SSSR count). The third-order valence-corrected chi connectivity index (χ3v) is 4.98. The van der Waals surface area contributed by atoms with Gasteiger partial charge in [-0.05, 0) is 37.3 Å². The van der Waals surface area contributed by atoms with Crippen LogP contribution < -0.4 is 0 Å². The average Bonchev–Trinajstić information content (AvgIpc) is 3.40. The maximum absolute atomic E-state index is 13.0. The van der Waals surface area contributed by atoms with Gasteiger partial charge in [-0.3, -0.25) is 4.79 Å². The molecule has 2 aromatic rings. The Morgan fingerprint density at radius 2 is 2.00 bits per heavy atom. The van der Waals surface area contributed by atoms with Crippen LogP contribution in [0.5, 0.6) is 0 Å². The Morgan fingerprint density at radius 3 is 2.61 bits per heavy atom. The summed E-state index contributed by atoms with van der Waals surface area (Å²) < 4.78 is 0. The lowest BCUT2D eigenvalue weighted by atomic mass is 10.1. The number of nitrogens with zero attached hydrogens (tertiary/aromatic N) is 2. The second-order valence-electron chi connectivity index (χ2n) is 5.99. The number of aromatic nitrogens is 1. The molecule has 0 N–H and O–H groups in total. The lowest BCUT2D eigenvalue weighted by Crippen LogP contribution is -2.39. The smallest absolute Gasteiger partial charge is 0.256 e. The van der Waals surface area contributed by atoms with Crippen LogP contribution in [0.1, 0.15) is 35.7 Å². The lowest BCUT2D eigenvalue weighted by molar-refractivity contribution is 0.0654. The largest absolute Gasteiger partial charge is 0.331 e. The van der Waals surface area contributed by atoms with E-state index < -0.39 is 0 Å². The van der Waals surface area contributed by atoms with Crippen LogP contribution in [0, 0.1) is 5.92 Å². The van der Waals surface area contributed by atoms with E-state index in [4.69, 9.17) is 23.2 Å². The number of rotatable bonds is 5. The van der Waals surface area contributed by atoms with Gasteiger partial charge in [-0.15, -0.1) is 0 Å². The Labute approximate surface area is 146 Å². The van der Waals surface area contributed by atoms with Crippen molar-refractivity contribution in [2.45, 2.75) is 32.4 Å². The Balaban J connectivity index is 1.87. The summed E-state index contributed by atoms with van der Waals surface area (Å²) >= 11 is 11.9. The van der Waals surface area contributed by atoms with Crippen molar-refractivity contribution in [1.82, 2.24) is 9.88 Å². The molecule has 1 heterocycles. The lowest BCUT2D eigenvalue weighted by Gasteiger charge is -2.29. The predicted octanol–water partition coefficient (Wildman–Crippen LogP) is 4.83. The summed E-state index contributed by atoms with van der Waals surface area (Å²) in [5.41, 5.74) is 1.59. The highest BCUT2D eigenvalue weighted by atomic mass is 35.5. The normalized spacial score (nSPS) is 15.3. The molecule has 0 bridgehead atoms. The molecule has 1 aromatic heterocycles. The first-order valence-electron chi connectivity index (χ1n) is 7.72. The van der Waals surface area contributed by atoms with E-state index in [1.54, 1.807) is 6.07 Å². The van der Waals surface area contributed by atoms with Crippen LogP contribution in [-0.4, -0.2) is 21.8 Å². The molecule has 1 aromatic carbocycles. The molecule has 1 saturated carbocycles. The van der Waals surface area contributed by atoms with Gasteiger partial charge >= 0.3 is 0 Å². The van der Waals surface area contributed by atoms with Crippen molar-refractivity contribution in [3.8, 4) is 0 Å². The summed E-state index contributed by atoms with van der Waals surface area (Å²) in [4.78, 5) is 18.9. The van der Waals surface area contributed by atoms with E-state index in [-0.39, 0.29) is 17.1 Å². The average molecular weight is 349 g/mol. The maximum Gasteiger partial charge on any atom is 0.256 e. The SMILES string of the molecule is CC(C1CC1)N(Cc1ccccc1)C(=O)c1cnc(Cl)c(Cl)c1. The van der Waals surface area contributed by atoms with Crippen LogP contribution >= 0.6 is 23.2 Å². The van der Waals surface area contributed by atoms with Gasteiger partial charge in [0.1, 0.15) is 5.15 Å². The number of pyridine rings is 1. The molecule has 0 aliphatic heterocycles. The van der Waals surface area contributed by atoms with Crippen LogP contribution in [-0.2, 0) is 6.54 Å². The quantitative estimate of drug-likeness (QED) is 0.725. The minimum absolute atomic E-state index is 0.0562. The van der Waals surface area contributed by atoms with E-state index in [1.807, 2.05) is 35.2 Å². The van der Waals surface area contributed by atoms with Gasteiger partial charge in [-0.1, -0.05) is 53.5 Å². The molecule has 1 amide bonds. The van der Waals surface area contributed by atoms with Crippen molar-refractivity contribution in [2.24, 2.45) is 5.92 Å². The molecule has 1 fully saturated rings. The zero-order chi connectivity index (χ0) is 16.4. The molecule has 23 heavy (non-hydrogen) atoms. The van der Waals surface area contributed by atoms with Crippen LogP contribution in [0.15, 0.2) is 42.6 Å². The molecule has 0 saturated heterocycles. The number of hydrogen-bond acceptors (Lipinski definition) is 2. The Kier molecular flexibility index (Phi) is 4.88. The van der Waals surface area contributed by atoms with Crippen molar-refractivity contribution >= 4 is 29.1 Å². The minimum Gasteiger partial charge on any atom is -0.331 e.